The molecule has 1 aromatic rings. The Hall–Kier alpha value is -0.740. The van der Waals surface area contributed by atoms with E-state index in [1.807, 2.05) is 31.2 Å². The van der Waals surface area contributed by atoms with Gasteiger partial charge < -0.3 is 5.32 Å². The molecule has 0 saturated heterocycles. The van der Waals surface area contributed by atoms with Gasteiger partial charge in [0.1, 0.15) is 0 Å². The summed E-state index contributed by atoms with van der Waals surface area (Å²) in [5, 5.41) is 2.90. The van der Waals surface area contributed by atoms with Crippen molar-refractivity contribution in [2.45, 2.75) is 6.92 Å². The van der Waals surface area contributed by atoms with Gasteiger partial charge in [-0.3, -0.25) is 4.79 Å². The number of carbonyl (C=O) groups is 1. The van der Waals surface area contributed by atoms with Gasteiger partial charge in [-0.1, -0.05) is 18.2 Å². The van der Waals surface area contributed by atoms with Gasteiger partial charge in [0, 0.05) is 22.5 Å². The summed E-state index contributed by atoms with van der Waals surface area (Å²) in [6, 6.07) is 5.69. The zero-order valence-corrected chi connectivity index (χ0v) is 12.2. The molecule has 0 aliphatic carbocycles. The van der Waals surface area contributed by atoms with Crippen LogP contribution in [0, 0.1) is 6.92 Å². The molecule has 1 rings (SSSR count). The molecule has 0 radical (unpaired) electrons. The maximum Gasteiger partial charge on any atom is 0.252 e. The van der Waals surface area contributed by atoms with Crippen molar-refractivity contribution in [3.05, 3.63) is 46.5 Å². The van der Waals surface area contributed by atoms with E-state index >= 15 is 0 Å². The van der Waals surface area contributed by atoms with Crippen molar-refractivity contribution in [3.8, 4) is 0 Å². The highest BCUT2D eigenvalue weighted by Crippen LogP contribution is 2.20. The van der Waals surface area contributed by atoms with Crippen LogP contribution in [0.5, 0.6) is 0 Å². The second-order valence-corrected chi connectivity index (χ2v) is 5.50. The lowest BCUT2D eigenvalue weighted by molar-refractivity contribution is 0.0955. The maximum atomic E-state index is 11.9. The van der Waals surface area contributed by atoms with Crippen LogP contribution in [0.1, 0.15) is 15.9 Å². The van der Waals surface area contributed by atoms with Crippen LogP contribution in [-0.2, 0) is 0 Å². The standard InChI is InChI=1S/C13H16BrNOS/c1-3-8-17-9-7-15-13(16)11-6-4-5-10(2)12(11)14/h3-6H,1,7-9H2,2H3,(H,15,16). The Morgan fingerprint density at radius 1 is 1.59 bits per heavy atom. The lowest BCUT2D eigenvalue weighted by Crippen LogP contribution is -2.26. The number of benzene rings is 1. The normalized spacial score (nSPS) is 10.0. The second-order valence-electron chi connectivity index (χ2n) is 3.56. The van der Waals surface area contributed by atoms with Crippen LogP contribution < -0.4 is 5.32 Å². The fraction of sp³-hybridized carbons (Fsp3) is 0.308. The van der Waals surface area contributed by atoms with Crippen molar-refractivity contribution < 1.29 is 4.79 Å². The summed E-state index contributed by atoms with van der Waals surface area (Å²) < 4.78 is 0.872. The number of thioether (sulfide) groups is 1. The molecule has 0 saturated carbocycles. The fourth-order valence-corrected chi connectivity index (χ4v) is 2.35. The van der Waals surface area contributed by atoms with E-state index in [1.165, 1.54) is 0 Å². The Kier molecular flexibility index (Phi) is 6.37. The van der Waals surface area contributed by atoms with E-state index < -0.39 is 0 Å². The van der Waals surface area contributed by atoms with Crippen molar-refractivity contribution in [1.29, 1.82) is 0 Å². The van der Waals surface area contributed by atoms with E-state index in [0.717, 1.165) is 21.5 Å². The van der Waals surface area contributed by atoms with Crippen molar-refractivity contribution in [2.24, 2.45) is 0 Å². The molecule has 1 amide bonds. The Labute approximate surface area is 115 Å². The molecule has 0 fully saturated rings. The predicted octanol–water partition coefficient (Wildman–Crippen LogP) is 3.41. The summed E-state index contributed by atoms with van der Waals surface area (Å²) >= 11 is 5.19. The number of halogens is 1. The van der Waals surface area contributed by atoms with Gasteiger partial charge in [-0.2, -0.15) is 11.8 Å². The molecule has 17 heavy (non-hydrogen) atoms. The molecule has 1 aromatic carbocycles. The highest BCUT2D eigenvalue weighted by molar-refractivity contribution is 9.10. The molecule has 4 heteroatoms. The van der Waals surface area contributed by atoms with Gasteiger partial charge in [0.15, 0.2) is 0 Å². The number of rotatable bonds is 6. The minimum atomic E-state index is -0.0280. The molecule has 0 aromatic heterocycles. The number of nitrogens with one attached hydrogen (secondary N) is 1. The largest absolute Gasteiger partial charge is 0.351 e. The molecule has 0 atom stereocenters. The Bertz CT molecular complexity index is 406. The summed E-state index contributed by atoms with van der Waals surface area (Å²) in [4.78, 5) is 11.9. The van der Waals surface area contributed by atoms with Gasteiger partial charge in [0.2, 0.25) is 0 Å². The molecular formula is C13H16BrNOS. The zero-order valence-electron chi connectivity index (χ0n) is 9.83. The van der Waals surface area contributed by atoms with Crippen molar-refractivity contribution in [2.75, 3.05) is 18.1 Å². The van der Waals surface area contributed by atoms with Gasteiger partial charge >= 0.3 is 0 Å². The smallest absolute Gasteiger partial charge is 0.252 e. The van der Waals surface area contributed by atoms with Crippen LogP contribution in [0.2, 0.25) is 0 Å². The Balaban J connectivity index is 2.47. The summed E-state index contributed by atoms with van der Waals surface area (Å²) in [6.45, 7) is 6.30. The number of carbonyl (C=O) groups excluding carboxylic acids is 1. The first-order chi connectivity index (χ1) is 8.16. The van der Waals surface area contributed by atoms with E-state index in [2.05, 4.69) is 27.8 Å². The van der Waals surface area contributed by atoms with E-state index in [4.69, 9.17) is 0 Å². The topological polar surface area (TPSA) is 29.1 Å². The van der Waals surface area contributed by atoms with Crippen molar-refractivity contribution in [3.63, 3.8) is 0 Å². The van der Waals surface area contributed by atoms with Crippen LogP contribution in [0.3, 0.4) is 0 Å². The van der Waals surface area contributed by atoms with E-state index in [1.54, 1.807) is 11.8 Å². The fourth-order valence-electron chi connectivity index (χ4n) is 1.32. The quantitative estimate of drug-likeness (QED) is 0.644. The number of hydrogen-bond donors (Lipinski definition) is 1. The number of amides is 1. The first kappa shape index (κ1) is 14.3. The zero-order chi connectivity index (χ0) is 12.7. The van der Waals surface area contributed by atoms with Crippen molar-refractivity contribution in [1.82, 2.24) is 5.32 Å². The summed E-state index contributed by atoms with van der Waals surface area (Å²) in [5.74, 6) is 1.80. The minimum absolute atomic E-state index is 0.0280. The molecule has 0 unspecified atom stereocenters. The van der Waals surface area contributed by atoms with Gasteiger partial charge in [0.05, 0.1) is 5.56 Å². The monoisotopic (exact) mass is 313 g/mol. The Morgan fingerprint density at radius 3 is 3.06 bits per heavy atom. The van der Waals surface area contributed by atoms with Crippen LogP contribution in [0.25, 0.3) is 0 Å². The highest BCUT2D eigenvalue weighted by atomic mass is 79.9. The van der Waals surface area contributed by atoms with Crippen LogP contribution in [0.4, 0.5) is 0 Å². The average molecular weight is 314 g/mol. The first-order valence-electron chi connectivity index (χ1n) is 5.38. The lowest BCUT2D eigenvalue weighted by Gasteiger charge is -2.08. The predicted molar refractivity (Wildman–Crippen MR) is 78.7 cm³/mol. The molecule has 1 N–H and O–H groups in total. The van der Waals surface area contributed by atoms with Crippen LogP contribution in [-0.4, -0.2) is 24.0 Å². The van der Waals surface area contributed by atoms with Gasteiger partial charge in [-0.05, 0) is 34.5 Å². The number of aryl methyl sites for hydroxylation is 1. The third kappa shape index (κ3) is 4.56. The molecule has 0 aliphatic rings. The summed E-state index contributed by atoms with van der Waals surface area (Å²) in [5.41, 5.74) is 1.76. The van der Waals surface area contributed by atoms with E-state index in [9.17, 15) is 4.79 Å². The molecule has 0 aliphatic heterocycles. The van der Waals surface area contributed by atoms with E-state index in [-0.39, 0.29) is 5.91 Å². The SMILES string of the molecule is C=CCSCCNC(=O)c1cccc(C)c1Br. The van der Waals surface area contributed by atoms with E-state index in [0.29, 0.717) is 12.1 Å². The molecule has 2 nitrogen and oxygen atoms in total. The third-order valence-electron chi connectivity index (χ3n) is 2.20. The number of hydrogen-bond acceptors (Lipinski definition) is 2. The lowest BCUT2D eigenvalue weighted by atomic mass is 10.1. The van der Waals surface area contributed by atoms with Gasteiger partial charge in [-0.25, -0.2) is 0 Å². The van der Waals surface area contributed by atoms with Gasteiger partial charge in [0.25, 0.3) is 5.91 Å². The molecular weight excluding hydrogens is 298 g/mol. The summed E-state index contributed by atoms with van der Waals surface area (Å²) in [7, 11) is 0. The maximum absolute atomic E-state index is 11.9. The molecule has 0 bridgehead atoms. The first-order valence-corrected chi connectivity index (χ1v) is 7.33. The molecule has 92 valence electrons. The molecule has 0 heterocycles. The van der Waals surface area contributed by atoms with Crippen LogP contribution >= 0.6 is 27.7 Å². The minimum Gasteiger partial charge on any atom is -0.351 e. The average Bonchev–Trinajstić information content (AvgIpc) is 2.32. The van der Waals surface area contributed by atoms with Crippen molar-refractivity contribution >= 4 is 33.6 Å². The highest BCUT2D eigenvalue weighted by Gasteiger charge is 2.10. The third-order valence-corrected chi connectivity index (χ3v) is 4.22. The van der Waals surface area contributed by atoms with Crippen LogP contribution in [0.15, 0.2) is 35.3 Å². The Morgan fingerprint density at radius 2 is 2.35 bits per heavy atom. The second kappa shape index (κ2) is 7.56. The summed E-state index contributed by atoms with van der Waals surface area (Å²) in [6.07, 6.45) is 1.86. The molecule has 0 spiro atoms. The van der Waals surface area contributed by atoms with Gasteiger partial charge in [-0.15, -0.1) is 6.58 Å².